The fraction of sp³-hybridized carbons (Fsp3) is 0.533. The van der Waals surface area contributed by atoms with E-state index >= 15 is 0 Å². The van der Waals surface area contributed by atoms with Crippen LogP contribution in [-0.4, -0.2) is 66.3 Å². The monoisotopic (exact) mass is 377 g/mol. The number of rotatable bonds is 8. The molecule has 0 aliphatic heterocycles. The van der Waals surface area contributed by atoms with Gasteiger partial charge in [-0.3, -0.25) is 9.10 Å². The van der Waals surface area contributed by atoms with E-state index in [1.165, 1.54) is 13.2 Å². The zero-order valence-electron chi connectivity index (χ0n) is 14.6. The maximum Gasteiger partial charge on any atom is 0.240 e. The molecule has 9 heteroatoms. The van der Waals surface area contributed by atoms with Gasteiger partial charge in [0, 0.05) is 24.2 Å². The van der Waals surface area contributed by atoms with Crippen molar-refractivity contribution < 1.29 is 17.9 Å². The van der Waals surface area contributed by atoms with Crippen molar-refractivity contribution >= 4 is 33.2 Å². The second-order valence-electron chi connectivity index (χ2n) is 5.70. The highest BCUT2D eigenvalue weighted by atomic mass is 35.5. The summed E-state index contributed by atoms with van der Waals surface area (Å²) in [5.74, 6) is -0.103. The molecule has 0 atom stereocenters. The molecule has 1 N–H and O–H groups in total. The number of anilines is 1. The molecule has 0 saturated heterocycles. The number of aryl methyl sites for hydroxylation is 1. The summed E-state index contributed by atoms with van der Waals surface area (Å²) in [7, 11) is 1.51. The molecule has 0 spiro atoms. The van der Waals surface area contributed by atoms with Gasteiger partial charge in [-0.15, -0.1) is 0 Å². The van der Waals surface area contributed by atoms with Crippen LogP contribution in [0.3, 0.4) is 0 Å². The number of sulfonamides is 1. The molecule has 0 fully saturated rings. The van der Waals surface area contributed by atoms with Crippen LogP contribution in [0.4, 0.5) is 5.69 Å². The van der Waals surface area contributed by atoms with Crippen molar-refractivity contribution in [2.24, 2.45) is 0 Å². The van der Waals surface area contributed by atoms with E-state index in [4.69, 9.17) is 16.3 Å². The van der Waals surface area contributed by atoms with Gasteiger partial charge in [-0.05, 0) is 32.6 Å². The van der Waals surface area contributed by atoms with Gasteiger partial charge in [-0.2, -0.15) is 0 Å². The third-order valence-electron chi connectivity index (χ3n) is 3.30. The van der Waals surface area contributed by atoms with Crippen molar-refractivity contribution in [1.29, 1.82) is 0 Å². The average molecular weight is 378 g/mol. The van der Waals surface area contributed by atoms with Crippen LogP contribution in [-0.2, 0) is 14.8 Å². The Labute approximate surface area is 148 Å². The fourth-order valence-electron chi connectivity index (χ4n) is 1.99. The smallest absolute Gasteiger partial charge is 0.240 e. The van der Waals surface area contributed by atoms with Gasteiger partial charge in [-0.1, -0.05) is 11.6 Å². The molecule has 0 radical (unpaired) electrons. The molecule has 0 saturated carbocycles. The van der Waals surface area contributed by atoms with Crippen molar-refractivity contribution in [2.45, 2.75) is 6.92 Å². The quantitative estimate of drug-likeness (QED) is 0.734. The highest BCUT2D eigenvalue weighted by Gasteiger charge is 2.24. The first-order valence-electron chi connectivity index (χ1n) is 7.29. The molecule has 1 amide bonds. The van der Waals surface area contributed by atoms with E-state index in [1.54, 1.807) is 13.0 Å². The Morgan fingerprint density at radius 3 is 2.46 bits per heavy atom. The number of amides is 1. The Balaban J connectivity index is 3.08. The van der Waals surface area contributed by atoms with Gasteiger partial charge in [0.25, 0.3) is 0 Å². The van der Waals surface area contributed by atoms with E-state index in [9.17, 15) is 13.2 Å². The van der Waals surface area contributed by atoms with Crippen molar-refractivity contribution in [3.05, 3.63) is 22.7 Å². The molecule has 0 heterocycles. The maximum absolute atomic E-state index is 12.2. The Kier molecular flexibility index (Phi) is 7.31. The summed E-state index contributed by atoms with van der Waals surface area (Å²) in [4.78, 5) is 14.0. The number of likely N-dealkylation sites (N-methyl/N-ethyl adjacent to an activating group) is 1. The summed E-state index contributed by atoms with van der Waals surface area (Å²) in [6, 6.07) is 3.13. The van der Waals surface area contributed by atoms with Gasteiger partial charge in [0.05, 0.1) is 19.1 Å². The van der Waals surface area contributed by atoms with Crippen LogP contribution in [0.2, 0.25) is 5.02 Å². The number of benzene rings is 1. The molecule has 0 bridgehead atoms. The lowest BCUT2D eigenvalue weighted by Crippen LogP contribution is -2.42. The third kappa shape index (κ3) is 5.85. The predicted octanol–water partition coefficient (Wildman–Crippen LogP) is 1.10. The van der Waals surface area contributed by atoms with Gasteiger partial charge in [0.15, 0.2) is 0 Å². The summed E-state index contributed by atoms with van der Waals surface area (Å²) in [6.07, 6.45) is 1.05. The fourth-order valence-corrected chi connectivity index (χ4v) is 3.00. The Bertz CT molecular complexity index is 692. The molecule has 1 aromatic carbocycles. The summed E-state index contributed by atoms with van der Waals surface area (Å²) in [6.45, 7) is 2.51. The van der Waals surface area contributed by atoms with Gasteiger partial charge in [-0.25, -0.2) is 8.42 Å². The Morgan fingerprint density at radius 2 is 1.96 bits per heavy atom. The zero-order valence-corrected chi connectivity index (χ0v) is 16.2. The van der Waals surface area contributed by atoms with E-state index in [0.717, 1.165) is 10.6 Å². The van der Waals surface area contributed by atoms with Crippen LogP contribution in [0.1, 0.15) is 5.56 Å². The number of nitrogens with one attached hydrogen (secondary N) is 1. The first-order chi connectivity index (χ1) is 11.1. The zero-order chi connectivity index (χ0) is 18.5. The molecule has 136 valence electrons. The highest BCUT2D eigenvalue weighted by Crippen LogP contribution is 2.34. The molecule has 0 unspecified atom stereocenters. The Hall–Kier alpha value is -1.51. The molecule has 1 aromatic rings. The van der Waals surface area contributed by atoms with Gasteiger partial charge in [0.2, 0.25) is 15.9 Å². The lowest BCUT2D eigenvalue weighted by molar-refractivity contribution is -0.119. The number of carbonyl (C=O) groups excluding carboxylic acids is 1. The number of hydrogen-bond acceptors (Lipinski definition) is 5. The number of halogens is 1. The van der Waals surface area contributed by atoms with E-state index in [-0.39, 0.29) is 18.0 Å². The minimum atomic E-state index is -3.68. The molecule has 7 nitrogen and oxygen atoms in total. The summed E-state index contributed by atoms with van der Waals surface area (Å²) in [5.41, 5.74) is 0.971. The largest absolute Gasteiger partial charge is 0.494 e. The number of nitrogens with zero attached hydrogens (tertiary/aromatic N) is 2. The van der Waals surface area contributed by atoms with Crippen LogP contribution >= 0.6 is 11.6 Å². The lowest BCUT2D eigenvalue weighted by atomic mass is 10.2. The summed E-state index contributed by atoms with van der Waals surface area (Å²) in [5, 5.41) is 3.15. The second-order valence-corrected chi connectivity index (χ2v) is 8.01. The third-order valence-corrected chi connectivity index (χ3v) is 4.83. The highest BCUT2D eigenvalue weighted by molar-refractivity contribution is 7.92. The van der Waals surface area contributed by atoms with E-state index < -0.39 is 15.9 Å². The first kappa shape index (κ1) is 20.5. The number of ether oxygens (including phenoxy) is 1. The topological polar surface area (TPSA) is 79.0 Å². The van der Waals surface area contributed by atoms with Gasteiger partial charge in [0.1, 0.15) is 12.3 Å². The number of methoxy groups -OCH3 is 1. The van der Waals surface area contributed by atoms with Gasteiger partial charge >= 0.3 is 0 Å². The van der Waals surface area contributed by atoms with E-state index in [1.807, 2.05) is 19.0 Å². The summed E-state index contributed by atoms with van der Waals surface area (Å²) >= 11 is 6.06. The maximum atomic E-state index is 12.2. The van der Waals surface area contributed by atoms with Crippen LogP contribution in [0.25, 0.3) is 0 Å². The minimum absolute atomic E-state index is 0.282. The van der Waals surface area contributed by atoms with Crippen LogP contribution < -0.4 is 14.4 Å². The molecular formula is C15H24ClN3O4S. The normalized spacial score (nSPS) is 11.5. The molecule has 1 rings (SSSR count). The number of hydrogen-bond donors (Lipinski definition) is 1. The Morgan fingerprint density at radius 1 is 1.33 bits per heavy atom. The van der Waals surface area contributed by atoms with Crippen molar-refractivity contribution in [2.75, 3.05) is 51.4 Å². The van der Waals surface area contributed by atoms with Crippen LogP contribution in [0.5, 0.6) is 5.75 Å². The standard InChI is InChI=1S/C15H24ClN3O4S/c1-11-8-13(14(23-4)9-12(11)16)19(24(5,21)22)10-15(20)17-6-7-18(2)3/h8-9H,6-7,10H2,1-5H3,(H,17,20). The SMILES string of the molecule is COc1cc(Cl)c(C)cc1N(CC(=O)NCCN(C)C)S(C)(=O)=O. The van der Waals surface area contributed by atoms with E-state index in [0.29, 0.717) is 23.7 Å². The molecule has 24 heavy (non-hydrogen) atoms. The van der Waals surface area contributed by atoms with Gasteiger partial charge < -0.3 is 15.0 Å². The first-order valence-corrected chi connectivity index (χ1v) is 9.52. The molecular weight excluding hydrogens is 354 g/mol. The van der Waals surface area contributed by atoms with E-state index in [2.05, 4.69) is 5.32 Å². The lowest BCUT2D eigenvalue weighted by Gasteiger charge is -2.24. The van der Waals surface area contributed by atoms with Crippen LogP contribution in [0, 0.1) is 6.92 Å². The predicted molar refractivity (Wildman–Crippen MR) is 96.5 cm³/mol. The van der Waals surface area contributed by atoms with Crippen molar-refractivity contribution in [3.8, 4) is 5.75 Å². The molecule has 0 aliphatic rings. The van der Waals surface area contributed by atoms with Crippen molar-refractivity contribution in [3.63, 3.8) is 0 Å². The molecule has 0 aliphatic carbocycles. The average Bonchev–Trinajstić information content (AvgIpc) is 2.45. The summed E-state index contributed by atoms with van der Waals surface area (Å²) < 4.78 is 30.6. The second kappa shape index (κ2) is 8.55. The van der Waals surface area contributed by atoms with Crippen molar-refractivity contribution in [1.82, 2.24) is 10.2 Å². The minimum Gasteiger partial charge on any atom is -0.494 e. The van der Waals surface area contributed by atoms with Crippen LogP contribution in [0.15, 0.2) is 12.1 Å². The number of carbonyl (C=O) groups is 1. The molecule has 0 aromatic heterocycles.